The topological polar surface area (TPSA) is 106 Å². The maximum absolute atomic E-state index is 12.0. The smallest absolute Gasteiger partial charge is 0.255 e. The van der Waals surface area contributed by atoms with Crippen LogP contribution in [0.3, 0.4) is 0 Å². The summed E-state index contributed by atoms with van der Waals surface area (Å²) in [4.78, 5) is 27.6. The summed E-state index contributed by atoms with van der Waals surface area (Å²) in [5.41, 5.74) is 5.85. The first kappa shape index (κ1) is 16.4. The Morgan fingerprint density at radius 3 is 2.90 bits per heavy atom. The summed E-state index contributed by atoms with van der Waals surface area (Å²) < 4.78 is 5.45. The van der Waals surface area contributed by atoms with Crippen molar-refractivity contribution in [3.8, 4) is 0 Å². The lowest BCUT2D eigenvalue weighted by molar-refractivity contribution is -0.122. The van der Waals surface area contributed by atoms with Gasteiger partial charge in [-0.15, -0.1) is 0 Å². The number of carbonyl (C=O) groups is 2. The molecule has 7 nitrogen and oxygen atoms in total. The Bertz CT molecular complexity index is 496. The molecule has 1 aromatic rings. The maximum atomic E-state index is 12.0. The second-order valence-corrected chi connectivity index (χ2v) is 4.98. The number of hydrogen-bond acceptors (Lipinski definition) is 5. The van der Waals surface area contributed by atoms with Crippen LogP contribution in [0.4, 0.5) is 5.82 Å². The maximum Gasteiger partial charge on any atom is 0.255 e. The molecule has 0 spiro atoms. The molecule has 0 aliphatic heterocycles. The molecule has 0 aliphatic rings. The molecule has 1 unspecified atom stereocenters. The van der Waals surface area contributed by atoms with Crippen molar-refractivity contribution in [2.75, 3.05) is 26.0 Å². The van der Waals surface area contributed by atoms with Crippen LogP contribution < -0.4 is 16.4 Å². The first-order valence-corrected chi connectivity index (χ1v) is 6.73. The summed E-state index contributed by atoms with van der Waals surface area (Å²) in [5.74, 6) is -0.639. The lowest BCUT2D eigenvalue weighted by Crippen LogP contribution is -2.45. The molecule has 0 bridgehead atoms. The van der Waals surface area contributed by atoms with Crippen LogP contribution in [-0.2, 0) is 9.53 Å². The highest BCUT2D eigenvalue weighted by molar-refractivity contribution is 9.10. The van der Waals surface area contributed by atoms with Gasteiger partial charge in [0.25, 0.3) is 5.91 Å². The first-order chi connectivity index (χ1) is 9.45. The fourth-order valence-corrected chi connectivity index (χ4v) is 1.73. The van der Waals surface area contributed by atoms with Crippen molar-refractivity contribution < 1.29 is 14.3 Å². The molecule has 0 saturated heterocycles. The van der Waals surface area contributed by atoms with E-state index in [4.69, 9.17) is 10.5 Å². The highest BCUT2D eigenvalue weighted by atomic mass is 79.9. The zero-order valence-electron chi connectivity index (χ0n) is 11.3. The van der Waals surface area contributed by atoms with Crippen LogP contribution in [0.5, 0.6) is 0 Å². The Morgan fingerprint density at radius 1 is 1.55 bits per heavy atom. The van der Waals surface area contributed by atoms with Crippen LogP contribution in [0.15, 0.2) is 16.7 Å². The Kier molecular flexibility index (Phi) is 6.40. The number of nitrogen functional groups attached to an aromatic ring is 1. The van der Waals surface area contributed by atoms with E-state index in [1.807, 2.05) is 0 Å². The predicted octanol–water partition coefficient (Wildman–Crippen LogP) is 0.307. The molecule has 8 heteroatoms. The molecule has 0 radical (unpaired) electrons. The van der Waals surface area contributed by atoms with Crippen LogP contribution >= 0.6 is 15.9 Å². The fourth-order valence-electron chi connectivity index (χ4n) is 1.40. The fraction of sp³-hybridized carbons (Fsp3) is 0.417. The highest BCUT2D eigenvalue weighted by Crippen LogP contribution is 2.15. The lowest BCUT2D eigenvalue weighted by atomic mass is 10.2. The van der Waals surface area contributed by atoms with E-state index in [0.717, 1.165) is 0 Å². The molecule has 0 aliphatic carbocycles. The average molecular weight is 345 g/mol. The third kappa shape index (κ3) is 4.78. The van der Waals surface area contributed by atoms with Gasteiger partial charge in [0.1, 0.15) is 11.9 Å². The number of aromatic nitrogens is 1. The highest BCUT2D eigenvalue weighted by Gasteiger charge is 2.18. The van der Waals surface area contributed by atoms with Crippen molar-refractivity contribution in [1.29, 1.82) is 0 Å². The number of ether oxygens (including phenoxy) is 1. The molecule has 2 amide bonds. The van der Waals surface area contributed by atoms with E-state index in [0.29, 0.717) is 17.6 Å². The standard InChI is InChI=1S/C12H17BrN4O3/c1-7(11(18)15-3-4-20-2)17-12(19)9-5-8(13)6-16-10(9)14/h5-7H,3-4H2,1-2H3,(H2,14,16)(H,15,18)(H,17,19). The van der Waals surface area contributed by atoms with E-state index < -0.39 is 11.9 Å². The predicted molar refractivity (Wildman–Crippen MR) is 78.2 cm³/mol. The van der Waals surface area contributed by atoms with E-state index in [9.17, 15) is 9.59 Å². The molecular formula is C12H17BrN4O3. The Morgan fingerprint density at radius 2 is 2.25 bits per heavy atom. The van der Waals surface area contributed by atoms with Gasteiger partial charge >= 0.3 is 0 Å². The van der Waals surface area contributed by atoms with Crippen molar-refractivity contribution in [2.24, 2.45) is 0 Å². The van der Waals surface area contributed by atoms with Gasteiger partial charge in [0.05, 0.1) is 12.2 Å². The molecule has 1 heterocycles. The zero-order valence-corrected chi connectivity index (χ0v) is 12.9. The summed E-state index contributed by atoms with van der Waals surface area (Å²) >= 11 is 3.21. The molecule has 0 aromatic carbocycles. The average Bonchev–Trinajstić information content (AvgIpc) is 2.41. The molecule has 0 fully saturated rings. The second-order valence-electron chi connectivity index (χ2n) is 4.07. The summed E-state index contributed by atoms with van der Waals surface area (Å²) in [7, 11) is 1.54. The van der Waals surface area contributed by atoms with Crippen molar-refractivity contribution in [3.63, 3.8) is 0 Å². The van der Waals surface area contributed by atoms with Gasteiger partial charge in [-0.05, 0) is 28.9 Å². The number of nitrogens with two attached hydrogens (primary N) is 1. The van der Waals surface area contributed by atoms with Gasteiger partial charge in [-0.1, -0.05) is 0 Å². The molecule has 0 saturated carbocycles. The van der Waals surface area contributed by atoms with Gasteiger partial charge in [-0.3, -0.25) is 9.59 Å². The van der Waals surface area contributed by atoms with Gasteiger partial charge in [0.15, 0.2) is 0 Å². The Hall–Kier alpha value is -1.67. The van der Waals surface area contributed by atoms with Gasteiger partial charge in [-0.2, -0.15) is 0 Å². The number of hydrogen-bond donors (Lipinski definition) is 3. The third-order valence-electron chi connectivity index (χ3n) is 2.48. The van der Waals surface area contributed by atoms with Crippen molar-refractivity contribution in [2.45, 2.75) is 13.0 Å². The monoisotopic (exact) mass is 344 g/mol. The Balaban J connectivity index is 2.61. The van der Waals surface area contributed by atoms with Crippen LogP contribution in [-0.4, -0.2) is 43.1 Å². The van der Waals surface area contributed by atoms with Crippen LogP contribution in [0.2, 0.25) is 0 Å². The van der Waals surface area contributed by atoms with E-state index in [2.05, 4.69) is 31.5 Å². The molecule has 1 rings (SSSR count). The molecular weight excluding hydrogens is 328 g/mol. The molecule has 4 N–H and O–H groups in total. The number of anilines is 1. The largest absolute Gasteiger partial charge is 0.383 e. The van der Waals surface area contributed by atoms with E-state index >= 15 is 0 Å². The third-order valence-corrected chi connectivity index (χ3v) is 2.91. The normalized spacial score (nSPS) is 11.8. The summed E-state index contributed by atoms with van der Waals surface area (Å²) in [6.45, 7) is 2.38. The number of pyridine rings is 1. The minimum absolute atomic E-state index is 0.109. The lowest BCUT2D eigenvalue weighted by Gasteiger charge is -2.14. The number of methoxy groups -OCH3 is 1. The summed E-state index contributed by atoms with van der Waals surface area (Å²) in [6.07, 6.45) is 1.49. The Labute approximate surface area is 125 Å². The van der Waals surface area contributed by atoms with Gasteiger partial charge in [0.2, 0.25) is 5.91 Å². The minimum Gasteiger partial charge on any atom is -0.383 e. The summed E-state index contributed by atoms with van der Waals surface area (Å²) in [6, 6.07) is 0.866. The van der Waals surface area contributed by atoms with E-state index in [1.54, 1.807) is 20.1 Å². The number of rotatable bonds is 6. The quantitative estimate of drug-likeness (QED) is 0.644. The molecule has 20 heavy (non-hydrogen) atoms. The number of carbonyl (C=O) groups excluding carboxylic acids is 2. The first-order valence-electron chi connectivity index (χ1n) is 5.94. The second kappa shape index (κ2) is 7.81. The van der Waals surface area contributed by atoms with Crippen molar-refractivity contribution >= 4 is 33.6 Å². The van der Waals surface area contributed by atoms with E-state index in [-0.39, 0.29) is 17.3 Å². The molecule has 110 valence electrons. The van der Waals surface area contributed by atoms with E-state index in [1.165, 1.54) is 6.20 Å². The van der Waals surface area contributed by atoms with Gasteiger partial charge in [0, 0.05) is 24.3 Å². The summed E-state index contributed by atoms with van der Waals surface area (Å²) in [5, 5.41) is 5.19. The zero-order chi connectivity index (χ0) is 15.1. The number of nitrogens with zero attached hydrogens (tertiary/aromatic N) is 1. The number of amides is 2. The van der Waals surface area contributed by atoms with Crippen LogP contribution in [0, 0.1) is 0 Å². The number of halogens is 1. The van der Waals surface area contributed by atoms with Crippen LogP contribution in [0.25, 0.3) is 0 Å². The van der Waals surface area contributed by atoms with Crippen LogP contribution in [0.1, 0.15) is 17.3 Å². The molecule has 1 atom stereocenters. The minimum atomic E-state index is -0.683. The molecule has 1 aromatic heterocycles. The van der Waals surface area contributed by atoms with Gasteiger partial charge < -0.3 is 21.1 Å². The van der Waals surface area contributed by atoms with Gasteiger partial charge in [-0.25, -0.2) is 4.98 Å². The SMILES string of the molecule is COCCNC(=O)C(C)NC(=O)c1cc(Br)cnc1N. The van der Waals surface area contributed by atoms with Crippen molar-refractivity contribution in [3.05, 3.63) is 22.3 Å². The van der Waals surface area contributed by atoms with Crippen molar-refractivity contribution in [1.82, 2.24) is 15.6 Å². The number of nitrogens with one attached hydrogen (secondary N) is 2.